The first-order valence-electron chi connectivity index (χ1n) is 9.34. The summed E-state index contributed by atoms with van der Waals surface area (Å²) in [6.45, 7) is 1.85. The molecule has 0 spiro atoms. The Bertz CT molecular complexity index is 1030. The number of methoxy groups -OCH3 is 2. The van der Waals surface area contributed by atoms with Crippen molar-refractivity contribution in [3.63, 3.8) is 0 Å². The molecule has 1 N–H and O–H groups in total. The Morgan fingerprint density at radius 2 is 1.69 bits per heavy atom. The van der Waals surface area contributed by atoms with Crippen LogP contribution in [-0.4, -0.2) is 32.4 Å². The summed E-state index contributed by atoms with van der Waals surface area (Å²) in [5.74, 6) is 1.56. The van der Waals surface area contributed by atoms with Crippen LogP contribution in [0.15, 0.2) is 65.8 Å². The molecule has 0 saturated heterocycles. The molecular weight excluding hydrogens is 368 g/mol. The highest BCUT2D eigenvalue weighted by Gasteiger charge is 2.09. The maximum absolute atomic E-state index is 12.2. The molecule has 0 fully saturated rings. The Labute approximate surface area is 170 Å². The lowest BCUT2D eigenvalue weighted by Crippen LogP contribution is -2.26. The van der Waals surface area contributed by atoms with Crippen LogP contribution in [0.4, 0.5) is 0 Å². The molecule has 0 saturated carbocycles. The van der Waals surface area contributed by atoms with Crippen LogP contribution in [-0.2, 0) is 4.79 Å². The van der Waals surface area contributed by atoms with Crippen molar-refractivity contribution in [2.24, 2.45) is 5.10 Å². The van der Waals surface area contributed by atoms with Gasteiger partial charge < -0.3 is 14.2 Å². The van der Waals surface area contributed by atoms with Crippen molar-refractivity contribution in [3.05, 3.63) is 66.2 Å². The van der Waals surface area contributed by atoms with Crippen molar-refractivity contribution >= 4 is 22.4 Å². The molecule has 0 radical (unpaired) electrons. The van der Waals surface area contributed by atoms with Crippen molar-refractivity contribution < 1.29 is 19.0 Å². The largest absolute Gasteiger partial charge is 0.493 e. The second kappa shape index (κ2) is 9.59. The molecule has 0 aromatic heterocycles. The van der Waals surface area contributed by atoms with Crippen molar-refractivity contribution in [3.8, 4) is 17.2 Å². The molecule has 0 bridgehead atoms. The molecule has 6 heteroatoms. The molecule has 1 amide bonds. The highest BCUT2D eigenvalue weighted by atomic mass is 16.5. The fraction of sp³-hybridized carbons (Fsp3) is 0.217. The summed E-state index contributed by atoms with van der Waals surface area (Å²) in [6.07, 6.45) is 0.640. The number of amides is 1. The van der Waals surface area contributed by atoms with Crippen molar-refractivity contribution in [1.29, 1.82) is 0 Å². The Kier molecular flexibility index (Phi) is 6.68. The first kappa shape index (κ1) is 20.2. The maximum atomic E-state index is 12.2. The molecule has 0 unspecified atom stereocenters. The highest BCUT2D eigenvalue weighted by Crippen LogP contribution is 2.28. The van der Waals surface area contributed by atoms with Crippen LogP contribution in [0, 0.1) is 0 Å². The van der Waals surface area contributed by atoms with Gasteiger partial charge in [-0.3, -0.25) is 4.79 Å². The molecule has 0 heterocycles. The van der Waals surface area contributed by atoms with E-state index in [4.69, 9.17) is 14.2 Å². The Hall–Kier alpha value is -3.54. The average molecular weight is 392 g/mol. The summed E-state index contributed by atoms with van der Waals surface area (Å²) >= 11 is 0. The van der Waals surface area contributed by atoms with Crippen LogP contribution in [0.25, 0.3) is 10.8 Å². The Morgan fingerprint density at radius 1 is 0.931 bits per heavy atom. The lowest BCUT2D eigenvalue weighted by atomic mass is 10.1. The van der Waals surface area contributed by atoms with Crippen LogP contribution in [0.2, 0.25) is 0 Å². The number of fused-ring (bicyclic) bond motifs is 1. The number of hydrogen-bond acceptors (Lipinski definition) is 5. The highest BCUT2D eigenvalue weighted by molar-refractivity contribution is 6.01. The number of carbonyl (C=O) groups is 1. The van der Waals surface area contributed by atoms with Gasteiger partial charge in [-0.15, -0.1) is 0 Å². The standard InChI is InChI=1S/C23H24N2O4/c1-4-20(18-10-12-21(27-2)22(14-18)28-3)24-25-23(26)15-29-19-11-9-16-7-5-6-8-17(16)13-19/h5-14H,4,15H2,1-3H3,(H,25,26)/b24-20+. The molecule has 150 valence electrons. The van der Waals surface area contributed by atoms with E-state index in [2.05, 4.69) is 10.5 Å². The number of ether oxygens (including phenoxy) is 3. The summed E-state index contributed by atoms with van der Waals surface area (Å²) in [7, 11) is 3.17. The fourth-order valence-electron chi connectivity index (χ4n) is 2.93. The van der Waals surface area contributed by atoms with E-state index in [0.717, 1.165) is 22.0 Å². The molecule has 0 aliphatic heterocycles. The van der Waals surface area contributed by atoms with Gasteiger partial charge in [0.05, 0.1) is 19.9 Å². The molecule has 29 heavy (non-hydrogen) atoms. The number of benzene rings is 3. The normalized spacial score (nSPS) is 11.2. The van der Waals surface area contributed by atoms with Gasteiger partial charge in [0.25, 0.3) is 5.91 Å². The second-order valence-corrected chi connectivity index (χ2v) is 6.31. The minimum Gasteiger partial charge on any atom is -0.493 e. The van der Waals surface area contributed by atoms with E-state index in [1.54, 1.807) is 14.2 Å². The van der Waals surface area contributed by atoms with E-state index in [0.29, 0.717) is 23.7 Å². The van der Waals surface area contributed by atoms with Gasteiger partial charge in [-0.05, 0) is 47.5 Å². The molecule has 0 aliphatic carbocycles. The topological polar surface area (TPSA) is 69.2 Å². The average Bonchev–Trinajstić information content (AvgIpc) is 2.77. The van der Waals surface area contributed by atoms with Crippen molar-refractivity contribution in [1.82, 2.24) is 5.43 Å². The SMILES string of the molecule is CC/C(=N\NC(=O)COc1ccc2ccccc2c1)c1ccc(OC)c(OC)c1. The van der Waals surface area contributed by atoms with Crippen LogP contribution in [0.3, 0.4) is 0 Å². The smallest absolute Gasteiger partial charge is 0.277 e. The summed E-state index contributed by atoms with van der Waals surface area (Å²) in [5, 5.41) is 6.43. The van der Waals surface area contributed by atoms with E-state index in [1.165, 1.54) is 0 Å². The predicted molar refractivity (Wildman–Crippen MR) is 114 cm³/mol. The zero-order valence-electron chi connectivity index (χ0n) is 16.8. The molecular formula is C23H24N2O4. The number of rotatable bonds is 8. The second-order valence-electron chi connectivity index (χ2n) is 6.31. The maximum Gasteiger partial charge on any atom is 0.277 e. The molecule has 0 aliphatic rings. The van der Waals surface area contributed by atoms with E-state index in [9.17, 15) is 4.79 Å². The van der Waals surface area contributed by atoms with E-state index < -0.39 is 0 Å². The predicted octanol–water partition coefficient (Wildman–Crippen LogP) is 4.17. The van der Waals surface area contributed by atoms with Gasteiger partial charge >= 0.3 is 0 Å². The number of carbonyl (C=O) groups excluding carboxylic acids is 1. The molecule has 3 rings (SSSR count). The fourth-order valence-corrected chi connectivity index (χ4v) is 2.93. The molecule has 6 nitrogen and oxygen atoms in total. The molecule has 3 aromatic carbocycles. The summed E-state index contributed by atoms with van der Waals surface area (Å²) in [4.78, 5) is 12.2. The van der Waals surface area contributed by atoms with Gasteiger partial charge in [0, 0.05) is 5.56 Å². The van der Waals surface area contributed by atoms with Crippen LogP contribution in [0.1, 0.15) is 18.9 Å². The number of nitrogens with zero attached hydrogens (tertiary/aromatic N) is 1. The summed E-state index contributed by atoms with van der Waals surface area (Å²) in [6, 6.07) is 19.2. The lowest BCUT2D eigenvalue weighted by Gasteiger charge is -2.11. The Morgan fingerprint density at radius 3 is 2.41 bits per heavy atom. The van der Waals surface area contributed by atoms with Gasteiger partial charge in [0.2, 0.25) is 0 Å². The van der Waals surface area contributed by atoms with Crippen molar-refractivity contribution in [2.75, 3.05) is 20.8 Å². The third-order valence-corrected chi connectivity index (χ3v) is 4.46. The quantitative estimate of drug-likeness (QED) is 0.462. The minimum absolute atomic E-state index is 0.120. The van der Waals surface area contributed by atoms with Crippen molar-refractivity contribution in [2.45, 2.75) is 13.3 Å². The minimum atomic E-state index is -0.329. The van der Waals surface area contributed by atoms with Gasteiger partial charge in [0.1, 0.15) is 5.75 Å². The third kappa shape index (κ3) is 5.04. The zero-order chi connectivity index (χ0) is 20.6. The monoisotopic (exact) mass is 392 g/mol. The lowest BCUT2D eigenvalue weighted by molar-refractivity contribution is -0.123. The van der Waals surface area contributed by atoms with Gasteiger partial charge in [-0.25, -0.2) is 5.43 Å². The van der Waals surface area contributed by atoms with E-state index in [-0.39, 0.29) is 12.5 Å². The molecule has 0 atom stereocenters. The van der Waals surface area contributed by atoms with Gasteiger partial charge in [-0.2, -0.15) is 5.10 Å². The summed E-state index contributed by atoms with van der Waals surface area (Å²) in [5.41, 5.74) is 4.13. The van der Waals surface area contributed by atoms with Gasteiger partial charge in [0.15, 0.2) is 18.1 Å². The number of hydrazone groups is 1. The first-order chi connectivity index (χ1) is 14.1. The molecule has 3 aromatic rings. The number of nitrogens with one attached hydrogen (secondary N) is 1. The number of hydrogen-bond donors (Lipinski definition) is 1. The summed E-state index contributed by atoms with van der Waals surface area (Å²) < 4.78 is 16.2. The van der Waals surface area contributed by atoms with Crippen LogP contribution in [0.5, 0.6) is 17.2 Å². The zero-order valence-corrected chi connectivity index (χ0v) is 16.8. The third-order valence-electron chi connectivity index (χ3n) is 4.46. The van der Waals surface area contributed by atoms with Crippen LogP contribution < -0.4 is 19.6 Å². The first-order valence-corrected chi connectivity index (χ1v) is 9.34. The van der Waals surface area contributed by atoms with Crippen LogP contribution >= 0.6 is 0 Å². The van der Waals surface area contributed by atoms with Gasteiger partial charge in [-0.1, -0.05) is 37.3 Å². The van der Waals surface area contributed by atoms with E-state index >= 15 is 0 Å². The Balaban J connectivity index is 1.63. The van der Waals surface area contributed by atoms with E-state index in [1.807, 2.05) is 67.6 Å².